The summed E-state index contributed by atoms with van der Waals surface area (Å²) in [6.45, 7) is 5.46. The number of hydrogen-bond donors (Lipinski definition) is 1. The van der Waals surface area contributed by atoms with Crippen molar-refractivity contribution in [3.05, 3.63) is 95.6 Å². The molecule has 0 bridgehead atoms. The van der Waals surface area contributed by atoms with E-state index in [2.05, 4.69) is 5.32 Å². The summed E-state index contributed by atoms with van der Waals surface area (Å²) in [5.74, 6) is -0.373. The van der Waals surface area contributed by atoms with E-state index in [0.29, 0.717) is 5.69 Å². The number of nitrogens with one attached hydrogen (secondary N) is 1. The van der Waals surface area contributed by atoms with E-state index >= 15 is 0 Å². The molecule has 1 N–H and O–H groups in total. The first-order valence-corrected chi connectivity index (χ1v) is 11.2. The molecule has 1 amide bonds. The highest BCUT2D eigenvalue weighted by Gasteiger charge is 2.27. The number of benzene rings is 3. The lowest BCUT2D eigenvalue weighted by atomic mass is 10.1. The molecule has 3 aromatic carbocycles. The van der Waals surface area contributed by atoms with Crippen LogP contribution in [0, 0.1) is 13.8 Å². The largest absolute Gasteiger partial charge is 0.348 e. The van der Waals surface area contributed by atoms with Gasteiger partial charge < -0.3 is 5.32 Å². The van der Waals surface area contributed by atoms with Crippen LogP contribution in [0.3, 0.4) is 0 Å². The van der Waals surface area contributed by atoms with Gasteiger partial charge in [0.1, 0.15) is 6.54 Å². The van der Waals surface area contributed by atoms with Crippen LogP contribution in [-0.2, 0) is 14.8 Å². The van der Waals surface area contributed by atoms with E-state index < -0.39 is 10.0 Å². The topological polar surface area (TPSA) is 66.5 Å². The first kappa shape index (κ1) is 21.6. The zero-order valence-electron chi connectivity index (χ0n) is 17.4. The fourth-order valence-corrected chi connectivity index (χ4v) is 4.52. The van der Waals surface area contributed by atoms with Gasteiger partial charge in [0.15, 0.2) is 0 Å². The van der Waals surface area contributed by atoms with E-state index in [1.165, 1.54) is 0 Å². The Morgan fingerprint density at radius 3 is 1.97 bits per heavy atom. The minimum absolute atomic E-state index is 0.149. The maximum Gasteiger partial charge on any atom is 0.264 e. The summed E-state index contributed by atoms with van der Waals surface area (Å²) in [5, 5.41) is 2.90. The van der Waals surface area contributed by atoms with Gasteiger partial charge in [-0.05, 0) is 50.6 Å². The lowest BCUT2D eigenvalue weighted by molar-refractivity contribution is -0.120. The number of anilines is 1. The number of carbonyl (C=O) groups excluding carboxylic acids is 1. The number of para-hydroxylation sites is 1. The molecule has 0 fully saturated rings. The van der Waals surface area contributed by atoms with Crippen LogP contribution in [0.15, 0.2) is 83.8 Å². The van der Waals surface area contributed by atoms with Crippen molar-refractivity contribution in [2.45, 2.75) is 31.7 Å². The second kappa shape index (κ2) is 9.13. The Bertz CT molecular complexity index is 1090. The molecule has 0 aliphatic carbocycles. The molecule has 3 aromatic rings. The normalized spacial score (nSPS) is 12.2. The molecule has 0 aliphatic heterocycles. The molecule has 0 heterocycles. The van der Waals surface area contributed by atoms with E-state index in [0.717, 1.165) is 21.0 Å². The van der Waals surface area contributed by atoms with Crippen molar-refractivity contribution >= 4 is 21.6 Å². The Balaban J connectivity index is 1.85. The highest BCUT2D eigenvalue weighted by atomic mass is 32.2. The zero-order valence-corrected chi connectivity index (χ0v) is 18.2. The average Bonchev–Trinajstić information content (AvgIpc) is 2.73. The molecule has 6 heteroatoms. The van der Waals surface area contributed by atoms with Gasteiger partial charge in [-0.2, -0.15) is 0 Å². The zero-order chi connectivity index (χ0) is 21.7. The van der Waals surface area contributed by atoms with Crippen molar-refractivity contribution in [2.24, 2.45) is 0 Å². The smallest absolute Gasteiger partial charge is 0.264 e. The van der Waals surface area contributed by atoms with E-state index in [1.54, 1.807) is 54.6 Å². The lowest BCUT2D eigenvalue weighted by Crippen LogP contribution is -2.41. The molecule has 3 rings (SSSR count). The number of nitrogens with zero attached hydrogens (tertiary/aromatic N) is 1. The Morgan fingerprint density at radius 1 is 0.867 bits per heavy atom. The molecule has 1 atom stereocenters. The predicted octanol–water partition coefficient (Wildman–Crippen LogP) is 4.38. The molecule has 30 heavy (non-hydrogen) atoms. The first-order chi connectivity index (χ1) is 14.3. The van der Waals surface area contributed by atoms with E-state index in [-0.39, 0.29) is 23.4 Å². The molecule has 0 unspecified atom stereocenters. The fraction of sp³-hybridized carbons (Fsp3) is 0.208. The highest BCUT2D eigenvalue weighted by molar-refractivity contribution is 7.92. The fourth-order valence-electron chi connectivity index (χ4n) is 3.10. The number of sulfonamides is 1. The van der Waals surface area contributed by atoms with Crippen molar-refractivity contribution in [1.82, 2.24) is 5.32 Å². The van der Waals surface area contributed by atoms with Crippen LogP contribution >= 0.6 is 0 Å². The second-order valence-electron chi connectivity index (χ2n) is 7.36. The van der Waals surface area contributed by atoms with Crippen LogP contribution in [0.1, 0.15) is 29.7 Å². The summed E-state index contributed by atoms with van der Waals surface area (Å²) in [6.07, 6.45) is 0. The number of rotatable bonds is 7. The quantitative estimate of drug-likeness (QED) is 0.615. The Hall–Kier alpha value is -3.12. The van der Waals surface area contributed by atoms with E-state index in [4.69, 9.17) is 0 Å². The molecule has 5 nitrogen and oxygen atoms in total. The predicted molar refractivity (Wildman–Crippen MR) is 120 cm³/mol. The SMILES string of the molecule is Cc1ccc([C@@H](C)NC(=O)CN(c2ccccc2)S(=O)(=O)c2ccc(C)cc2)cc1. The minimum Gasteiger partial charge on any atom is -0.348 e. The van der Waals surface area contributed by atoms with Crippen LogP contribution in [-0.4, -0.2) is 20.9 Å². The molecule has 0 radical (unpaired) electrons. The number of aryl methyl sites for hydroxylation is 2. The van der Waals surface area contributed by atoms with Crippen molar-refractivity contribution < 1.29 is 13.2 Å². The Morgan fingerprint density at radius 2 is 1.40 bits per heavy atom. The summed E-state index contributed by atoms with van der Waals surface area (Å²) >= 11 is 0. The van der Waals surface area contributed by atoms with Crippen LogP contribution in [0.4, 0.5) is 5.69 Å². The van der Waals surface area contributed by atoms with Gasteiger partial charge in [-0.3, -0.25) is 9.10 Å². The van der Waals surface area contributed by atoms with Crippen LogP contribution < -0.4 is 9.62 Å². The monoisotopic (exact) mass is 422 g/mol. The summed E-state index contributed by atoms with van der Waals surface area (Å²) in [7, 11) is -3.90. The molecule has 0 saturated heterocycles. The molecule has 0 aromatic heterocycles. The standard InChI is InChI=1S/C24H26N2O3S/c1-18-9-13-21(14-10-18)20(3)25-24(27)17-26(22-7-5-4-6-8-22)30(28,29)23-15-11-19(2)12-16-23/h4-16,20H,17H2,1-3H3,(H,25,27)/t20-/m1/s1. The van der Waals surface area contributed by atoms with Gasteiger partial charge in [0.2, 0.25) is 5.91 Å². The van der Waals surface area contributed by atoms with Gasteiger partial charge in [0.05, 0.1) is 16.6 Å². The molecule has 0 spiro atoms. The van der Waals surface area contributed by atoms with Gasteiger partial charge in [-0.1, -0.05) is 65.7 Å². The number of carbonyl (C=O) groups is 1. The molecular formula is C24H26N2O3S. The minimum atomic E-state index is -3.90. The van der Waals surface area contributed by atoms with E-state index in [1.807, 2.05) is 45.0 Å². The van der Waals surface area contributed by atoms with Crippen molar-refractivity contribution in [1.29, 1.82) is 0 Å². The summed E-state index contributed by atoms with van der Waals surface area (Å²) in [6, 6.07) is 22.9. The van der Waals surface area contributed by atoms with Crippen molar-refractivity contribution in [3.8, 4) is 0 Å². The van der Waals surface area contributed by atoms with Crippen molar-refractivity contribution in [2.75, 3.05) is 10.8 Å². The van der Waals surface area contributed by atoms with Crippen LogP contribution in [0.5, 0.6) is 0 Å². The molecule has 156 valence electrons. The van der Waals surface area contributed by atoms with Crippen molar-refractivity contribution in [3.63, 3.8) is 0 Å². The third-order valence-electron chi connectivity index (χ3n) is 4.90. The number of hydrogen-bond acceptors (Lipinski definition) is 3. The van der Waals surface area contributed by atoms with Gasteiger partial charge in [-0.25, -0.2) is 8.42 Å². The maximum absolute atomic E-state index is 13.3. The maximum atomic E-state index is 13.3. The third kappa shape index (κ3) is 5.07. The van der Waals surface area contributed by atoms with Crippen LogP contribution in [0.2, 0.25) is 0 Å². The first-order valence-electron chi connectivity index (χ1n) is 9.78. The van der Waals surface area contributed by atoms with E-state index in [9.17, 15) is 13.2 Å². The van der Waals surface area contributed by atoms with Gasteiger partial charge in [0.25, 0.3) is 10.0 Å². The molecule has 0 aliphatic rings. The molecular weight excluding hydrogens is 396 g/mol. The second-order valence-corrected chi connectivity index (χ2v) is 9.22. The van der Waals surface area contributed by atoms with Gasteiger partial charge in [0, 0.05) is 0 Å². The van der Waals surface area contributed by atoms with Crippen LogP contribution in [0.25, 0.3) is 0 Å². The summed E-state index contributed by atoms with van der Waals surface area (Å²) in [5.41, 5.74) is 3.50. The average molecular weight is 423 g/mol. The van der Waals surface area contributed by atoms with Gasteiger partial charge in [-0.15, -0.1) is 0 Å². The highest BCUT2D eigenvalue weighted by Crippen LogP contribution is 2.24. The summed E-state index contributed by atoms with van der Waals surface area (Å²) in [4.78, 5) is 12.9. The Labute approximate surface area is 178 Å². The lowest BCUT2D eigenvalue weighted by Gasteiger charge is -2.25. The third-order valence-corrected chi connectivity index (χ3v) is 6.68. The Kier molecular flexibility index (Phi) is 6.57. The molecule has 0 saturated carbocycles. The summed E-state index contributed by atoms with van der Waals surface area (Å²) < 4.78 is 27.8. The number of amides is 1. The van der Waals surface area contributed by atoms with Gasteiger partial charge >= 0.3 is 0 Å².